The van der Waals surface area contributed by atoms with Crippen LogP contribution in [0.25, 0.3) is 0 Å². The quantitative estimate of drug-likeness (QED) is 0.812. The van der Waals surface area contributed by atoms with Gasteiger partial charge in [0.05, 0.1) is 0 Å². The molecule has 7 heteroatoms. The summed E-state index contributed by atoms with van der Waals surface area (Å²) in [4.78, 5) is 23.3. The van der Waals surface area contributed by atoms with Gasteiger partial charge in [0.2, 0.25) is 0 Å². The molecule has 0 aliphatic heterocycles. The Balaban J connectivity index is 1.88. The van der Waals surface area contributed by atoms with Crippen molar-refractivity contribution in [3.05, 3.63) is 42.5 Å². The number of hydrogen-bond acceptors (Lipinski definition) is 4. The molecular weight excluding hydrogens is 270 g/mol. The van der Waals surface area contributed by atoms with Gasteiger partial charge in [0.25, 0.3) is 0 Å². The number of hydrogen-bond donors (Lipinski definition) is 2. The summed E-state index contributed by atoms with van der Waals surface area (Å²) >= 11 is 0. The third-order valence-electron chi connectivity index (χ3n) is 2.89. The summed E-state index contributed by atoms with van der Waals surface area (Å²) in [6, 6.07) is 7.47. The minimum atomic E-state index is -0.787. The van der Waals surface area contributed by atoms with Crippen LogP contribution in [-0.2, 0) is 16.0 Å². The topological polar surface area (TPSA) is 88.9 Å². The third-order valence-corrected chi connectivity index (χ3v) is 2.89. The Labute approximate surface area is 122 Å². The molecule has 1 heterocycles. The maximum atomic E-state index is 11.7. The second-order valence-electron chi connectivity index (χ2n) is 4.56. The van der Waals surface area contributed by atoms with E-state index < -0.39 is 11.8 Å². The summed E-state index contributed by atoms with van der Waals surface area (Å²) in [6.07, 6.45) is 5.86. The van der Waals surface area contributed by atoms with Crippen LogP contribution in [-0.4, -0.2) is 26.7 Å². The van der Waals surface area contributed by atoms with Crippen LogP contribution in [0.3, 0.4) is 0 Å². The maximum Gasteiger partial charge on any atom is 0.328 e. The van der Waals surface area contributed by atoms with Gasteiger partial charge >= 0.3 is 11.8 Å². The van der Waals surface area contributed by atoms with Crippen LogP contribution < -0.4 is 10.7 Å². The average Bonchev–Trinajstić information content (AvgIpc) is 2.99. The Bertz CT molecular complexity index is 592. The number of nitrogens with one attached hydrogen (secondary N) is 2. The first-order valence-electron chi connectivity index (χ1n) is 6.75. The number of rotatable bonds is 5. The molecule has 0 radical (unpaired) electrons. The van der Waals surface area contributed by atoms with Crippen molar-refractivity contribution in [1.29, 1.82) is 0 Å². The fourth-order valence-electron chi connectivity index (χ4n) is 1.75. The van der Waals surface area contributed by atoms with Crippen molar-refractivity contribution < 1.29 is 9.59 Å². The van der Waals surface area contributed by atoms with E-state index in [0.29, 0.717) is 5.69 Å². The first kappa shape index (κ1) is 14.7. The average molecular weight is 287 g/mol. The summed E-state index contributed by atoms with van der Waals surface area (Å²) < 4.78 is 1.20. The summed E-state index contributed by atoms with van der Waals surface area (Å²) in [7, 11) is 0. The highest BCUT2D eigenvalue weighted by atomic mass is 16.2. The second-order valence-corrected chi connectivity index (χ2v) is 4.56. The number of carbonyl (C=O) groups is 2. The number of benzene rings is 1. The molecule has 110 valence electrons. The third kappa shape index (κ3) is 4.41. The van der Waals surface area contributed by atoms with E-state index in [1.807, 2.05) is 12.1 Å². The van der Waals surface area contributed by atoms with E-state index in [1.165, 1.54) is 22.9 Å². The molecule has 1 aromatic carbocycles. The molecule has 1 aromatic heterocycles. The zero-order chi connectivity index (χ0) is 15.1. The summed E-state index contributed by atoms with van der Waals surface area (Å²) in [5, 5.41) is 9.57. The maximum absolute atomic E-state index is 11.7. The van der Waals surface area contributed by atoms with Crippen LogP contribution in [0.15, 0.2) is 36.9 Å². The highest BCUT2D eigenvalue weighted by molar-refractivity contribution is 6.42. The summed E-state index contributed by atoms with van der Waals surface area (Å²) in [6.45, 7) is 2.14. The van der Waals surface area contributed by atoms with Crippen LogP contribution in [0.5, 0.6) is 0 Å². The molecule has 0 unspecified atom stereocenters. The number of unbranched alkanes of at least 4 members (excludes halogenated alkanes) is 1. The number of carbonyl (C=O) groups excluding carboxylic acids is 2. The zero-order valence-electron chi connectivity index (χ0n) is 11.7. The molecule has 0 spiro atoms. The number of aromatic nitrogens is 3. The highest BCUT2D eigenvalue weighted by Gasteiger charge is 2.13. The molecule has 7 nitrogen and oxygen atoms in total. The number of anilines is 1. The normalized spacial score (nSPS) is 10.1. The van der Waals surface area contributed by atoms with Gasteiger partial charge in [-0.05, 0) is 30.5 Å². The molecule has 2 aromatic rings. The van der Waals surface area contributed by atoms with Crippen molar-refractivity contribution in [3.63, 3.8) is 0 Å². The molecule has 2 rings (SSSR count). The van der Waals surface area contributed by atoms with E-state index >= 15 is 0 Å². The van der Waals surface area contributed by atoms with Crippen molar-refractivity contribution in [2.75, 3.05) is 10.7 Å². The Morgan fingerprint density at radius 1 is 1.10 bits per heavy atom. The standard InChI is InChI=1S/C14H17N5O2/c1-2-3-4-11-5-7-12(8-6-11)17-13(20)14(21)18-19-9-15-16-10-19/h5-10H,2-4H2,1H3,(H,17,20)(H,18,21). The van der Waals surface area contributed by atoms with Crippen molar-refractivity contribution in [2.45, 2.75) is 26.2 Å². The number of aryl methyl sites for hydroxylation is 1. The van der Waals surface area contributed by atoms with Gasteiger partial charge in [-0.1, -0.05) is 25.5 Å². The molecule has 0 fully saturated rings. The zero-order valence-corrected chi connectivity index (χ0v) is 11.7. The monoisotopic (exact) mass is 287 g/mol. The van der Waals surface area contributed by atoms with Crippen molar-refractivity contribution in [1.82, 2.24) is 14.9 Å². The highest BCUT2D eigenvalue weighted by Crippen LogP contribution is 2.11. The van der Waals surface area contributed by atoms with Gasteiger partial charge < -0.3 is 5.32 Å². The number of amides is 2. The lowest BCUT2D eigenvalue weighted by atomic mass is 10.1. The minimum Gasteiger partial charge on any atom is -0.318 e. The Morgan fingerprint density at radius 2 is 1.76 bits per heavy atom. The van der Waals surface area contributed by atoms with Crippen molar-refractivity contribution in [3.8, 4) is 0 Å². The molecule has 0 aliphatic rings. The Morgan fingerprint density at radius 3 is 2.38 bits per heavy atom. The molecule has 21 heavy (non-hydrogen) atoms. The van der Waals surface area contributed by atoms with Crippen molar-refractivity contribution in [2.24, 2.45) is 0 Å². The molecular formula is C14H17N5O2. The first-order valence-corrected chi connectivity index (χ1v) is 6.75. The molecule has 0 saturated carbocycles. The number of nitrogens with zero attached hydrogens (tertiary/aromatic N) is 3. The molecule has 0 atom stereocenters. The molecule has 2 amide bonds. The molecule has 0 bridgehead atoms. The lowest BCUT2D eigenvalue weighted by Gasteiger charge is -2.07. The van der Waals surface area contributed by atoms with Gasteiger partial charge in [0, 0.05) is 5.69 Å². The lowest BCUT2D eigenvalue weighted by molar-refractivity contribution is -0.133. The van der Waals surface area contributed by atoms with Gasteiger partial charge in [0.15, 0.2) is 0 Å². The van der Waals surface area contributed by atoms with E-state index in [-0.39, 0.29) is 0 Å². The van der Waals surface area contributed by atoms with Crippen LogP contribution in [0, 0.1) is 0 Å². The fourth-order valence-corrected chi connectivity index (χ4v) is 1.75. The second kappa shape index (κ2) is 7.18. The SMILES string of the molecule is CCCCc1ccc(NC(=O)C(=O)Nn2cnnc2)cc1. The van der Waals surface area contributed by atoms with Crippen LogP contribution >= 0.6 is 0 Å². The van der Waals surface area contributed by atoms with Gasteiger partial charge in [-0.15, -0.1) is 10.2 Å². The Hall–Kier alpha value is -2.70. The van der Waals surface area contributed by atoms with Crippen molar-refractivity contribution >= 4 is 17.5 Å². The smallest absolute Gasteiger partial charge is 0.318 e. The molecule has 2 N–H and O–H groups in total. The van der Waals surface area contributed by atoms with Gasteiger partial charge in [-0.3, -0.25) is 15.0 Å². The first-order chi connectivity index (χ1) is 10.2. The van der Waals surface area contributed by atoms with E-state index in [4.69, 9.17) is 0 Å². The summed E-state index contributed by atoms with van der Waals surface area (Å²) in [5.41, 5.74) is 4.12. The van der Waals surface area contributed by atoms with Gasteiger partial charge in [0.1, 0.15) is 12.7 Å². The van der Waals surface area contributed by atoms with Gasteiger partial charge in [-0.2, -0.15) is 0 Å². The Kier molecular flexibility index (Phi) is 5.03. The fraction of sp³-hybridized carbons (Fsp3) is 0.286. The minimum absolute atomic E-state index is 0.583. The molecule has 0 saturated heterocycles. The van der Waals surface area contributed by atoms with E-state index in [9.17, 15) is 9.59 Å². The van der Waals surface area contributed by atoms with E-state index in [1.54, 1.807) is 12.1 Å². The van der Waals surface area contributed by atoms with Crippen LogP contribution in [0.2, 0.25) is 0 Å². The van der Waals surface area contributed by atoms with Crippen LogP contribution in [0.1, 0.15) is 25.3 Å². The summed E-state index contributed by atoms with van der Waals surface area (Å²) in [5.74, 6) is -1.53. The lowest BCUT2D eigenvalue weighted by Crippen LogP contribution is -2.33. The molecule has 0 aliphatic carbocycles. The van der Waals surface area contributed by atoms with E-state index in [0.717, 1.165) is 19.3 Å². The largest absolute Gasteiger partial charge is 0.328 e. The predicted octanol–water partition coefficient (Wildman–Crippen LogP) is 1.33. The van der Waals surface area contributed by atoms with Gasteiger partial charge in [-0.25, -0.2) is 4.68 Å². The van der Waals surface area contributed by atoms with E-state index in [2.05, 4.69) is 27.9 Å². The predicted molar refractivity (Wildman–Crippen MR) is 78.1 cm³/mol. The van der Waals surface area contributed by atoms with Crippen LogP contribution in [0.4, 0.5) is 5.69 Å².